The molecule has 1 aliphatic heterocycles. The Balaban J connectivity index is 1.79. The van der Waals surface area contributed by atoms with Crippen LogP contribution in [0.1, 0.15) is 32.8 Å². The smallest absolute Gasteiger partial charge is 0.232 e. The fraction of sp³-hybridized carbons (Fsp3) is 0.625. The van der Waals surface area contributed by atoms with Crippen molar-refractivity contribution in [2.45, 2.75) is 39.8 Å². The molecule has 1 aromatic heterocycles. The highest BCUT2D eigenvalue weighted by atomic mass is 16.5. The topological polar surface area (TPSA) is 71.2 Å². The second-order valence-electron chi connectivity index (χ2n) is 8.60. The Bertz CT molecular complexity index is 759. The van der Waals surface area contributed by atoms with Gasteiger partial charge in [0.15, 0.2) is 0 Å². The fourth-order valence-corrected chi connectivity index (χ4v) is 3.85. The monoisotopic (exact) mass is 431 g/mol. The summed E-state index contributed by atoms with van der Waals surface area (Å²) in [5.41, 5.74) is 2.98. The highest BCUT2D eigenvalue weighted by molar-refractivity contribution is 5.68. The minimum atomic E-state index is -0.530. The Kier molecular flexibility index (Phi) is 9.33. The predicted octanol–water partition coefficient (Wildman–Crippen LogP) is 3.42. The van der Waals surface area contributed by atoms with Gasteiger partial charge in [0.05, 0.1) is 31.5 Å². The Morgan fingerprint density at radius 2 is 1.90 bits per heavy atom. The van der Waals surface area contributed by atoms with Crippen LogP contribution >= 0.6 is 0 Å². The Morgan fingerprint density at radius 3 is 2.58 bits per heavy atom. The van der Waals surface area contributed by atoms with Crippen LogP contribution in [0.15, 0.2) is 34.9 Å². The molecule has 0 saturated carbocycles. The zero-order valence-electron chi connectivity index (χ0n) is 19.1. The molecule has 0 bridgehead atoms. The maximum absolute atomic E-state index is 10.6. The van der Waals surface area contributed by atoms with Crippen molar-refractivity contribution in [3.05, 3.63) is 35.9 Å². The quantitative estimate of drug-likeness (QED) is 0.552. The molecule has 1 atom stereocenters. The largest absolute Gasteiger partial charge is 0.389 e. The lowest BCUT2D eigenvalue weighted by molar-refractivity contribution is 0.00692. The molecule has 1 unspecified atom stereocenters. The van der Waals surface area contributed by atoms with Gasteiger partial charge in [0.25, 0.3) is 0 Å². The number of nitrogens with zero attached hydrogens (tertiary/aromatic N) is 3. The van der Waals surface area contributed by atoms with Gasteiger partial charge in [0, 0.05) is 38.3 Å². The SMILES string of the molecule is CCCN(Cc1c(-c2ccccc2)noc1N1CCOCC1)CC(O)COCC(C)C. The van der Waals surface area contributed by atoms with E-state index in [1.54, 1.807) is 0 Å². The zero-order valence-corrected chi connectivity index (χ0v) is 19.1. The second-order valence-corrected chi connectivity index (χ2v) is 8.60. The Hall–Kier alpha value is -1.93. The van der Waals surface area contributed by atoms with Crippen molar-refractivity contribution in [1.29, 1.82) is 0 Å². The molecule has 2 heterocycles. The molecule has 7 nitrogen and oxygen atoms in total. The van der Waals surface area contributed by atoms with Gasteiger partial charge in [-0.25, -0.2) is 0 Å². The third kappa shape index (κ3) is 7.04. The van der Waals surface area contributed by atoms with Gasteiger partial charge in [0.1, 0.15) is 5.69 Å². The number of hydrogen-bond acceptors (Lipinski definition) is 7. The second kappa shape index (κ2) is 12.2. The van der Waals surface area contributed by atoms with Crippen LogP contribution in [0.3, 0.4) is 0 Å². The van der Waals surface area contributed by atoms with E-state index < -0.39 is 6.10 Å². The molecular weight excluding hydrogens is 394 g/mol. The Labute approximate surface area is 185 Å². The van der Waals surface area contributed by atoms with Crippen LogP contribution in [0.4, 0.5) is 5.88 Å². The van der Waals surface area contributed by atoms with Crippen LogP contribution in [-0.4, -0.2) is 73.9 Å². The predicted molar refractivity (Wildman–Crippen MR) is 122 cm³/mol. The van der Waals surface area contributed by atoms with Gasteiger partial charge in [-0.2, -0.15) is 0 Å². The normalized spacial score (nSPS) is 15.7. The third-order valence-electron chi connectivity index (χ3n) is 5.26. The number of morpholine rings is 1. The van der Waals surface area contributed by atoms with E-state index >= 15 is 0 Å². The summed E-state index contributed by atoms with van der Waals surface area (Å²) in [6.45, 7) is 12.4. The lowest BCUT2D eigenvalue weighted by Crippen LogP contribution is -2.38. The molecule has 1 aliphatic rings. The summed E-state index contributed by atoms with van der Waals surface area (Å²) < 4.78 is 17.0. The van der Waals surface area contributed by atoms with Gasteiger partial charge in [-0.1, -0.05) is 56.3 Å². The van der Waals surface area contributed by atoms with E-state index in [2.05, 4.69) is 47.9 Å². The highest BCUT2D eigenvalue weighted by Gasteiger charge is 2.26. The summed E-state index contributed by atoms with van der Waals surface area (Å²) >= 11 is 0. The molecule has 1 fully saturated rings. The van der Waals surface area contributed by atoms with Crippen LogP contribution in [0.5, 0.6) is 0 Å². The van der Waals surface area contributed by atoms with Crippen LogP contribution in [0.2, 0.25) is 0 Å². The summed E-state index contributed by atoms with van der Waals surface area (Å²) in [4.78, 5) is 4.48. The fourth-order valence-electron chi connectivity index (χ4n) is 3.85. The van der Waals surface area contributed by atoms with Gasteiger partial charge in [-0.15, -0.1) is 0 Å². The van der Waals surface area contributed by atoms with Crippen molar-refractivity contribution in [2.24, 2.45) is 5.92 Å². The maximum Gasteiger partial charge on any atom is 0.232 e. The molecule has 1 saturated heterocycles. The highest BCUT2D eigenvalue weighted by Crippen LogP contribution is 2.33. The van der Waals surface area contributed by atoms with E-state index in [-0.39, 0.29) is 0 Å². The summed E-state index contributed by atoms with van der Waals surface area (Å²) in [5.74, 6) is 1.27. The molecular formula is C24H37N3O4. The number of hydrogen-bond donors (Lipinski definition) is 1. The first-order chi connectivity index (χ1) is 15.1. The summed E-state index contributed by atoms with van der Waals surface area (Å²) in [7, 11) is 0. The van der Waals surface area contributed by atoms with Crippen molar-refractivity contribution < 1.29 is 19.1 Å². The standard InChI is InChI=1S/C24H37N3O4/c1-4-10-26(15-21(28)18-30-17-19(2)3)16-22-23(20-8-6-5-7-9-20)25-31-24(22)27-11-13-29-14-12-27/h5-9,19,21,28H,4,10-18H2,1-3H3. The molecule has 1 N–H and O–H groups in total. The van der Waals surface area contributed by atoms with Crippen molar-refractivity contribution in [3.8, 4) is 11.3 Å². The number of aliphatic hydroxyl groups is 1. The number of ether oxygens (including phenoxy) is 2. The molecule has 7 heteroatoms. The van der Waals surface area contributed by atoms with Gasteiger partial charge in [0.2, 0.25) is 5.88 Å². The third-order valence-corrected chi connectivity index (χ3v) is 5.26. The molecule has 0 aliphatic carbocycles. The summed E-state index contributed by atoms with van der Waals surface area (Å²) in [6.07, 6.45) is 0.468. The van der Waals surface area contributed by atoms with Gasteiger partial charge in [-0.05, 0) is 18.9 Å². The Morgan fingerprint density at radius 1 is 1.16 bits per heavy atom. The van der Waals surface area contributed by atoms with Crippen molar-refractivity contribution in [1.82, 2.24) is 10.1 Å². The van der Waals surface area contributed by atoms with E-state index in [9.17, 15) is 5.11 Å². The number of benzene rings is 1. The maximum atomic E-state index is 10.6. The molecule has 1 aromatic carbocycles. The van der Waals surface area contributed by atoms with Gasteiger partial charge < -0.3 is 24.0 Å². The van der Waals surface area contributed by atoms with E-state index in [0.717, 1.165) is 48.8 Å². The average Bonchev–Trinajstić information content (AvgIpc) is 3.18. The van der Waals surface area contributed by atoms with Crippen molar-refractivity contribution in [3.63, 3.8) is 0 Å². The van der Waals surface area contributed by atoms with E-state index in [1.807, 2.05) is 18.2 Å². The number of aromatic nitrogens is 1. The molecule has 0 radical (unpaired) electrons. The lowest BCUT2D eigenvalue weighted by Gasteiger charge is -2.29. The van der Waals surface area contributed by atoms with E-state index in [1.165, 1.54) is 0 Å². The first-order valence-corrected chi connectivity index (χ1v) is 11.4. The van der Waals surface area contributed by atoms with Crippen LogP contribution in [0, 0.1) is 5.92 Å². The molecule has 3 rings (SSSR count). The number of anilines is 1. The average molecular weight is 432 g/mol. The number of aliphatic hydroxyl groups excluding tert-OH is 1. The minimum absolute atomic E-state index is 0.351. The molecule has 2 aromatic rings. The van der Waals surface area contributed by atoms with E-state index in [0.29, 0.717) is 45.4 Å². The van der Waals surface area contributed by atoms with Gasteiger partial charge >= 0.3 is 0 Å². The van der Waals surface area contributed by atoms with Crippen LogP contribution in [0.25, 0.3) is 11.3 Å². The first-order valence-electron chi connectivity index (χ1n) is 11.4. The summed E-state index contributed by atoms with van der Waals surface area (Å²) in [5, 5.41) is 15.0. The molecule has 0 amide bonds. The van der Waals surface area contributed by atoms with Gasteiger partial charge in [-0.3, -0.25) is 4.90 Å². The minimum Gasteiger partial charge on any atom is -0.389 e. The van der Waals surface area contributed by atoms with Crippen molar-refractivity contribution in [2.75, 3.05) is 57.5 Å². The van der Waals surface area contributed by atoms with Crippen LogP contribution in [-0.2, 0) is 16.0 Å². The molecule has 31 heavy (non-hydrogen) atoms. The summed E-state index contributed by atoms with van der Waals surface area (Å²) in [6, 6.07) is 10.2. The molecule has 0 spiro atoms. The molecule has 172 valence electrons. The number of rotatable bonds is 12. The first kappa shape index (κ1) is 23.7. The van der Waals surface area contributed by atoms with Crippen molar-refractivity contribution >= 4 is 5.88 Å². The van der Waals surface area contributed by atoms with Crippen LogP contribution < -0.4 is 4.90 Å². The lowest BCUT2D eigenvalue weighted by atomic mass is 10.1. The van der Waals surface area contributed by atoms with E-state index in [4.69, 9.17) is 14.0 Å². The zero-order chi connectivity index (χ0) is 22.1.